The largest absolute Gasteiger partial charge is 0.492 e. The summed E-state index contributed by atoms with van der Waals surface area (Å²) in [6.45, 7) is 7.44. The summed E-state index contributed by atoms with van der Waals surface area (Å²) in [5.74, 6) is -1.30. The molecule has 1 unspecified atom stereocenters. The van der Waals surface area contributed by atoms with Crippen LogP contribution < -0.4 is 10.1 Å². The summed E-state index contributed by atoms with van der Waals surface area (Å²) < 4.78 is 43.7. The first-order chi connectivity index (χ1) is 18.4. The number of halogens is 2. The molecule has 0 radical (unpaired) electrons. The first kappa shape index (κ1) is 31.0. The molecule has 9 heteroatoms. The van der Waals surface area contributed by atoms with Crippen LogP contribution in [0.1, 0.15) is 58.4 Å². The Hall–Kier alpha value is -3.20. The van der Waals surface area contributed by atoms with Gasteiger partial charge in [0.2, 0.25) is 0 Å². The SMILES string of the molecule is CCCCCCCN(CCOc1ccc(CC(OCC)C(=O)OCC)cc1)C(=O)Nc1ccc(F)cc1F. The summed E-state index contributed by atoms with van der Waals surface area (Å²) in [6, 6.07) is 9.89. The zero-order valence-electron chi connectivity index (χ0n) is 22.6. The van der Waals surface area contributed by atoms with Gasteiger partial charge in [-0.1, -0.05) is 44.7 Å². The minimum absolute atomic E-state index is 0.0722. The van der Waals surface area contributed by atoms with Gasteiger partial charge in [0.1, 0.15) is 24.0 Å². The summed E-state index contributed by atoms with van der Waals surface area (Å²) in [5, 5.41) is 2.53. The van der Waals surface area contributed by atoms with Crippen LogP contribution in [0.5, 0.6) is 5.75 Å². The van der Waals surface area contributed by atoms with Crippen molar-refractivity contribution in [1.82, 2.24) is 4.90 Å². The number of ether oxygens (including phenoxy) is 3. The molecule has 2 rings (SSSR count). The number of urea groups is 1. The Kier molecular flexibility index (Phi) is 14.2. The number of anilines is 1. The van der Waals surface area contributed by atoms with Crippen molar-refractivity contribution in [3.63, 3.8) is 0 Å². The van der Waals surface area contributed by atoms with Gasteiger partial charge >= 0.3 is 12.0 Å². The fourth-order valence-corrected chi connectivity index (χ4v) is 3.86. The molecule has 2 amide bonds. The van der Waals surface area contributed by atoms with E-state index in [4.69, 9.17) is 14.2 Å². The molecule has 0 saturated heterocycles. The second-order valence-electron chi connectivity index (χ2n) is 8.85. The van der Waals surface area contributed by atoms with Crippen LogP contribution in [0, 0.1) is 11.6 Å². The zero-order valence-corrected chi connectivity index (χ0v) is 22.6. The first-order valence-electron chi connectivity index (χ1n) is 13.4. The van der Waals surface area contributed by atoms with E-state index in [9.17, 15) is 18.4 Å². The molecule has 2 aromatic carbocycles. The maximum Gasteiger partial charge on any atom is 0.335 e. The van der Waals surface area contributed by atoms with Gasteiger partial charge < -0.3 is 24.4 Å². The molecule has 0 aliphatic rings. The highest BCUT2D eigenvalue weighted by Gasteiger charge is 2.20. The molecule has 0 aliphatic carbocycles. The third kappa shape index (κ3) is 11.0. The number of amides is 2. The number of carbonyl (C=O) groups is 2. The highest BCUT2D eigenvalue weighted by atomic mass is 19.1. The van der Waals surface area contributed by atoms with E-state index in [1.807, 2.05) is 19.1 Å². The summed E-state index contributed by atoms with van der Waals surface area (Å²) in [7, 11) is 0. The minimum Gasteiger partial charge on any atom is -0.492 e. The van der Waals surface area contributed by atoms with E-state index < -0.39 is 23.8 Å². The van der Waals surface area contributed by atoms with Crippen LogP contribution in [0.2, 0.25) is 0 Å². The fraction of sp³-hybridized carbons (Fsp3) is 0.517. The van der Waals surface area contributed by atoms with Crippen LogP contribution >= 0.6 is 0 Å². The lowest BCUT2D eigenvalue weighted by Crippen LogP contribution is -2.38. The Labute approximate surface area is 224 Å². The molecule has 0 heterocycles. The zero-order chi connectivity index (χ0) is 27.8. The lowest BCUT2D eigenvalue weighted by Gasteiger charge is -2.23. The fourth-order valence-electron chi connectivity index (χ4n) is 3.86. The molecular weight excluding hydrogens is 494 g/mol. The third-order valence-electron chi connectivity index (χ3n) is 5.88. The smallest absolute Gasteiger partial charge is 0.335 e. The second kappa shape index (κ2) is 17.3. The predicted molar refractivity (Wildman–Crippen MR) is 143 cm³/mol. The molecule has 0 fully saturated rings. The monoisotopic (exact) mass is 534 g/mol. The maximum absolute atomic E-state index is 14.0. The average molecular weight is 535 g/mol. The van der Waals surface area contributed by atoms with Gasteiger partial charge in [0, 0.05) is 25.6 Å². The van der Waals surface area contributed by atoms with Gasteiger partial charge in [0.05, 0.1) is 18.8 Å². The molecule has 38 heavy (non-hydrogen) atoms. The molecule has 0 saturated carbocycles. The number of esters is 1. The normalized spacial score (nSPS) is 11.6. The van der Waals surface area contributed by atoms with E-state index in [0.29, 0.717) is 38.5 Å². The van der Waals surface area contributed by atoms with E-state index >= 15 is 0 Å². The summed E-state index contributed by atoms with van der Waals surface area (Å²) >= 11 is 0. The number of nitrogens with one attached hydrogen (secondary N) is 1. The van der Waals surface area contributed by atoms with Gasteiger partial charge in [-0.3, -0.25) is 0 Å². The Bertz CT molecular complexity index is 987. The van der Waals surface area contributed by atoms with Crippen molar-refractivity contribution in [3.05, 3.63) is 59.7 Å². The molecule has 2 aromatic rings. The van der Waals surface area contributed by atoms with Crippen LogP contribution in [0.4, 0.5) is 19.3 Å². The number of hydrogen-bond donors (Lipinski definition) is 1. The minimum atomic E-state index is -0.827. The third-order valence-corrected chi connectivity index (χ3v) is 5.88. The Morgan fingerprint density at radius 2 is 1.66 bits per heavy atom. The number of unbranched alkanes of at least 4 members (excludes halogenated alkanes) is 4. The Balaban J connectivity index is 1.94. The summed E-state index contributed by atoms with van der Waals surface area (Å²) in [4.78, 5) is 26.5. The van der Waals surface area contributed by atoms with Crippen molar-refractivity contribution in [3.8, 4) is 5.75 Å². The van der Waals surface area contributed by atoms with Crippen molar-refractivity contribution in [1.29, 1.82) is 0 Å². The van der Waals surface area contributed by atoms with Crippen molar-refractivity contribution >= 4 is 17.7 Å². The number of nitrogens with zero attached hydrogens (tertiary/aromatic N) is 1. The first-order valence-corrected chi connectivity index (χ1v) is 13.4. The van der Waals surface area contributed by atoms with E-state index in [0.717, 1.165) is 49.8 Å². The van der Waals surface area contributed by atoms with Crippen molar-refractivity contribution in [2.24, 2.45) is 0 Å². The number of rotatable bonds is 17. The lowest BCUT2D eigenvalue weighted by atomic mass is 10.1. The van der Waals surface area contributed by atoms with E-state index in [1.54, 1.807) is 24.0 Å². The lowest BCUT2D eigenvalue weighted by molar-refractivity contribution is -0.156. The summed E-state index contributed by atoms with van der Waals surface area (Å²) in [6.07, 6.45) is 4.87. The molecular formula is C29H40F2N2O5. The van der Waals surface area contributed by atoms with Crippen LogP contribution in [-0.4, -0.2) is 55.9 Å². The van der Waals surface area contributed by atoms with Crippen molar-refractivity contribution in [2.45, 2.75) is 65.4 Å². The van der Waals surface area contributed by atoms with Gasteiger partial charge in [-0.25, -0.2) is 18.4 Å². The van der Waals surface area contributed by atoms with Crippen LogP contribution in [0.25, 0.3) is 0 Å². The second-order valence-corrected chi connectivity index (χ2v) is 8.85. The van der Waals surface area contributed by atoms with Gasteiger partial charge in [0.15, 0.2) is 6.10 Å². The molecule has 0 bridgehead atoms. The molecule has 1 atom stereocenters. The number of hydrogen-bond acceptors (Lipinski definition) is 5. The van der Waals surface area contributed by atoms with E-state index in [2.05, 4.69) is 12.2 Å². The molecule has 0 aliphatic heterocycles. The highest BCUT2D eigenvalue weighted by molar-refractivity contribution is 5.89. The van der Waals surface area contributed by atoms with Crippen LogP contribution in [0.15, 0.2) is 42.5 Å². The molecule has 1 N–H and O–H groups in total. The van der Waals surface area contributed by atoms with Crippen molar-refractivity contribution < 1.29 is 32.6 Å². The van der Waals surface area contributed by atoms with Gasteiger partial charge in [0.25, 0.3) is 0 Å². The van der Waals surface area contributed by atoms with E-state index in [-0.39, 0.29) is 18.3 Å². The van der Waals surface area contributed by atoms with Crippen LogP contribution in [0.3, 0.4) is 0 Å². The highest BCUT2D eigenvalue weighted by Crippen LogP contribution is 2.17. The van der Waals surface area contributed by atoms with Gasteiger partial charge in [-0.2, -0.15) is 0 Å². The Morgan fingerprint density at radius 1 is 0.921 bits per heavy atom. The molecule has 210 valence electrons. The molecule has 0 aromatic heterocycles. The molecule has 7 nitrogen and oxygen atoms in total. The van der Waals surface area contributed by atoms with Crippen molar-refractivity contribution in [2.75, 3.05) is 38.2 Å². The van der Waals surface area contributed by atoms with E-state index in [1.165, 1.54) is 6.07 Å². The quantitative estimate of drug-likeness (QED) is 0.189. The predicted octanol–water partition coefficient (Wildman–Crippen LogP) is 6.36. The maximum atomic E-state index is 14.0. The summed E-state index contributed by atoms with van der Waals surface area (Å²) in [5.41, 5.74) is 0.829. The van der Waals surface area contributed by atoms with Crippen LogP contribution in [-0.2, 0) is 20.7 Å². The Morgan fingerprint density at radius 3 is 2.32 bits per heavy atom. The average Bonchev–Trinajstić information content (AvgIpc) is 2.90. The van der Waals surface area contributed by atoms with Gasteiger partial charge in [-0.05, 0) is 50.1 Å². The molecule has 0 spiro atoms. The number of benzene rings is 2. The number of carbonyl (C=O) groups excluding carboxylic acids is 2. The topological polar surface area (TPSA) is 77.1 Å². The van der Waals surface area contributed by atoms with Gasteiger partial charge in [-0.15, -0.1) is 0 Å². The standard InChI is InChI=1S/C29H40F2N2O5/c1-4-7-8-9-10-17-33(29(35)32-26-16-13-23(30)21-25(26)31)18-19-38-24-14-11-22(12-15-24)20-27(36-5-2)28(34)37-6-3/h11-16,21,27H,4-10,17-20H2,1-3H3,(H,32,35).